The zero-order chi connectivity index (χ0) is 14.5. The van der Waals surface area contributed by atoms with Gasteiger partial charge in [-0.2, -0.15) is 0 Å². The summed E-state index contributed by atoms with van der Waals surface area (Å²) >= 11 is 0. The van der Waals surface area contributed by atoms with Gasteiger partial charge in [0.2, 0.25) is 10.0 Å². The fraction of sp³-hybridized carbons (Fsp3) is 1.00. The number of sulfonamides is 1. The van der Waals surface area contributed by atoms with Gasteiger partial charge in [0.1, 0.15) is 0 Å². The van der Waals surface area contributed by atoms with Crippen molar-refractivity contribution in [3.8, 4) is 0 Å². The summed E-state index contributed by atoms with van der Waals surface area (Å²) < 4.78 is 29.0. The Hall–Kier alpha value is -0.130. The van der Waals surface area contributed by atoms with Gasteiger partial charge in [0.15, 0.2) is 0 Å². The zero-order valence-electron chi connectivity index (χ0n) is 12.5. The molecule has 0 amide bonds. The zero-order valence-corrected chi connectivity index (χ0v) is 13.3. The number of ether oxygens (including phenoxy) is 1. The molecule has 0 heterocycles. The van der Waals surface area contributed by atoms with Crippen molar-refractivity contribution >= 4 is 10.0 Å². The van der Waals surface area contributed by atoms with Crippen LogP contribution < -0.4 is 5.14 Å². The van der Waals surface area contributed by atoms with Gasteiger partial charge in [-0.15, -0.1) is 0 Å². The lowest BCUT2D eigenvalue weighted by Crippen LogP contribution is -2.38. The lowest BCUT2D eigenvalue weighted by Gasteiger charge is -2.33. The molecule has 0 radical (unpaired) electrons. The smallest absolute Gasteiger partial charge is 0.209 e. The molecule has 0 aromatic heterocycles. The van der Waals surface area contributed by atoms with Crippen molar-refractivity contribution in [1.29, 1.82) is 0 Å². The van der Waals surface area contributed by atoms with Gasteiger partial charge >= 0.3 is 0 Å². The minimum atomic E-state index is -3.45. The molecule has 19 heavy (non-hydrogen) atoms. The van der Waals surface area contributed by atoms with Crippen LogP contribution >= 0.6 is 0 Å². The maximum absolute atomic E-state index is 11.5. The van der Waals surface area contributed by atoms with Crippen LogP contribution in [0.5, 0.6) is 0 Å². The standard InChI is InChI=1S/C14H29NO3S/c1-12(2)13(3)18-10-14(11-19(15,16)17)8-6-4-5-7-9-14/h12-13H,4-11H2,1-3H3,(H2,15,16,17). The summed E-state index contributed by atoms with van der Waals surface area (Å²) in [5, 5.41) is 5.29. The number of rotatable bonds is 6. The second kappa shape index (κ2) is 7.04. The number of hydrogen-bond acceptors (Lipinski definition) is 3. The molecule has 1 fully saturated rings. The van der Waals surface area contributed by atoms with Gasteiger partial charge in [-0.3, -0.25) is 0 Å². The third-order valence-corrected chi connectivity index (χ3v) is 5.28. The van der Waals surface area contributed by atoms with Crippen LogP contribution in [0, 0.1) is 11.3 Å². The Labute approximate surface area is 118 Å². The largest absolute Gasteiger partial charge is 0.378 e. The van der Waals surface area contributed by atoms with Crippen LogP contribution in [-0.4, -0.2) is 26.9 Å². The van der Waals surface area contributed by atoms with E-state index in [2.05, 4.69) is 13.8 Å². The van der Waals surface area contributed by atoms with Crippen LogP contribution in [0.2, 0.25) is 0 Å². The fourth-order valence-corrected chi connectivity index (χ4v) is 3.96. The van der Waals surface area contributed by atoms with Gasteiger partial charge in [0.05, 0.1) is 18.5 Å². The van der Waals surface area contributed by atoms with E-state index in [1.165, 1.54) is 12.8 Å². The molecule has 1 aliphatic carbocycles. The van der Waals surface area contributed by atoms with Crippen molar-refractivity contribution in [2.45, 2.75) is 65.4 Å². The Kier molecular flexibility index (Phi) is 6.27. The van der Waals surface area contributed by atoms with E-state index in [1.54, 1.807) is 0 Å². The molecule has 1 aliphatic rings. The lowest BCUT2D eigenvalue weighted by atomic mass is 9.83. The van der Waals surface area contributed by atoms with Crippen LogP contribution in [-0.2, 0) is 14.8 Å². The van der Waals surface area contributed by atoms with Gasteiger partial charge in [-0.1, -0.05) is 39.5 Å². The molecule has 0 spiro atoms. The molecule has 5 heteroatoms. The minimum absolute atomic E-state index is 0.0603. The van der Waals surface area contributed by atoms with E-state index in [4.69, 9.17) is 9.88 Å². The lowest BCUT2D eigenvalue weighted by molar-refractivity contribution is -0.0195. The minimum Gasteiger partial charge on any atom is -0.378 e. The highest BCUT2D eigenvalue weighted by molar-refractivity contribution is 7.89. The van der Waals surface area contributed by atoms with Gasteiger partial charge in [-0.05, 0) is 25.7 Å². The highest BCUT2D eigenvalue weighted by Crippen LogP contribution is 2.36. The molecule has 4 nitrogen and oxygen atoms in total. The van der Waals surface area contributed by atoms with Crippen LogP contribution in [0.3, 0.4) is 0 Å². The predicted molar refractivity (Wildman–Crippen MR) is 78.4 cm³/mol. The van der Waals surface area contributed by atoms with Gasteiger partial charge in [0.25, 0.3) is 0 Å². The maximum Gasteiger partial charge on any atom is 0.209 e. The van der Waals surface area contributed by atoms with Crippen LogP contribution in [0.25, 0.3) is 0 Å². The van der Waals surface area contributed by atoms with E-state index in [-0.39, 0.29) is 17.3 Å². The SMILES string of the molecule is CC(C)C(C)OCC1(CS(N)(=O)=O)CCCCCC1. The molecule has 0 bridgehead atoms. The quantitative estimate of drug-likeness (QED) is 0.765. The first-order valence-corrected chi connectivity index (χ1v) is 9.08. The predicted octanol–water partition coefficient (Wildman–Crippen LogP) is 2.68. The molecule has 1 atom stereocenters. The van der Waals surface area contributed by atoms with Gasteiger partial charge in [-0.25, -0.2) is 13.6 Å². The average molecular weight is 291 g/mol. The Bertz CT molecular complexity index is 357. The third kappa shape index (κ3) is 6.23. The third-order valence-electron chi connectivity index (χ3n) is 4.26. The molecule has 1 rings (SSSR count). The second-order valence-corrected chi connectivity index (χ2v) is 8.10. The van der Waals surface area contributed by atoms with Crippen molar-refractivity contribution < 1.29 is 13.2 Å². The van der Waals surface area contributed by atoms with E-state index >= 15 is 0 Å². The molecular formula is C14H29NO3S. The molecule has 0 saturated heterocycles. The maximum atomic E-state index is 11.5. The average Bonchev–Trinajstić information content (AvgIpc) is 2.49. The number of nitrogens with two attached hydrogens (primary N) is 1. The monoisotopic (exact) mass is 291 g/mol. The summed E-state index contributed by atoms with van der Waals surface area (Å²) in [6, 6.07) is 0. The normalized spacial score (nSPS) is 22.2. The van der Waals surface area contributed by atoms with E-state index in [0.717, 1.165) is 25.7 Å². The summed E-state index contributed by atoms with van der Waals surface area (Å²) in [7, 11) is -3.45. The summed E-state index contributed by atoms with van der Waals surface area (Å²) in [5.74, 6) is 0.502. The molecular weight excluding hydrogens is 262 g/mol. The molecule has 1 saturated carbocycles. The van der Waals surface area contributed by atoms with Crippen molar-refractivity contribution in [2.24, 2.45) is 16.5 Å². The summed E-state index contributed by atoms with van der Waals surface area (Å²) in [6.07, 6.45) is 6.51. The highest BCUT2D eigenvalue weighted by Gasteiger charge is 2.35. The van der Waals surface area contributed by atoms with Crippen molar-refractivity contribution in [3.63, 3.8) is 0 Å². The molecule has 0 aliphatic heterocycles. The Morgan fingerprint density at radius 2 is 1.63 bits per heavy atom. The molecule has 1 unspecified atom stereocenters. The summed E-state index contributed by atoms with van der Waals surface area (Å²) in [5.41, 5.74) is -0.271. The summed E-state index contributed by atoms with van der Waals surface area (Å²) in [4.78, 5) is 0. The second-order valence-electron chi connectivity index (χ2n) is 6.48. The Morgan fingerprint density at radius 3 is 2.05 bits per heavy atom. The van der Waals surface area contributed by atoms with Crippen molar-refractivity contribution in [3.05, 3.63) is 0 Å². The highest BCUT2D eigenvalue weighted by atomic mass is 32.2. The van der Waals surface area contributed by atoms with Crippen molar-refractivity contribution in [1.82, 2.24) is 0 Å². The van der Waals surface area contributed by atoms with Crippen LogP contribution in [0.1, 0.15) is 59.3 Å². The van der Waals surface area contributed by atoms with Crippen LogP contribution in [0.4, 0.5) is 0 Å². The Balaban J connectivity index is 2.73. The van der Waals surface area contributed by atoms with Crippen molar-refractivity contribution in [2.75, 3.05) is 12.4 Å². The molecule has 2 N–H and O–H groups in total. The van der Waals surface area contributed by atoms with E-state index < -0.39 is 10.0 Å². The topological polar surface area (TPSA) is 69.4 Å². The molecule has 0 aromatic carbocycles. The number of primary sulfonamides is 1. The fourth-order valence-electron chi connectivity index (χ4n) is 2.74. The van der Waals surface area contributed by atoms with Gasteiger partial charge < -0.3 is 4.74 Å². The van der Waals surface area contributed by atoms with Crippen LogP contribution in [0.15, 0.2) is 0 Å². The van der Waals surface area contributed by atoms with E-state index in [9.17, 15) is 8.42 Å². The van der Waals surface area contributed by atoms with Gasteiger partial charge in [0, 0.05) is 5.41 Å². The first-order valence-electron chi connectivity index (χ1n) is 7.36. The molecule has 114 valence electrons. The molecule has 0 aromatic rings. The first-order chi connectivity index (χ1) is 8.74. The van der Waals surface area contributed by atoms with E-state index in [1.807, 2.05) is 6.92 Å². The van der Waals surface area contributed by atoms with E-state index in [0.29, 0.717) is 12.5 Å². The first kappa shape index (κ1) is 16.9. The summed E-state index contributed by atoms with van der Waals surface area (Å²) in [6.45, 7) is 6.79. The Morgan fingerprint density at radius 1 is 1.11 bits per heavy atom. The number of hydrogen-bond donors (Lipinski definition) is 1.